The highest BCUT2D eigenvalue weighted by Crippen LogP contribution is 2.23. The van der Waals surface area contributed by atoms with E-state index in [0.29, 0.717) is 12.5 Å². The maximum absolute atomic E-state index is 11.1. The summed E-state index contributed by atoms with van der Waals surface area (Å²) < 4.78 is 4.89. The molecule has 0 spiro atoms. The van der Waals surface area contributed by atoms with Crippen LogP contribution in [0.25, 0.3) is 0 Å². The molecule has 0 radical (unpaired) electrons. The van der Waals surface area contributed by atoms with Crippen molar-refractivity contribution in [2.75, 3.05) is 7.05 Å². The van der Waals surface area contributed by atoms with Gasteiger partial charge in [0.05, 0.1) is 0 Å². The van der Waals surface area contributed by atoms with Crippen LogP contribution in [0.5, 0.6) is 0 Å². The zero-order valence-corrected chi connectivity index (χ0v) is 8.73. The number of hydrogen-bond donors (Lipinski definition) is 0. The number of ether oxygens (including phenoxy) is 1. The first-order valence-electron chi connectivity index (χ1n) is 4.97. The van der Waals surface area contributed by atoms with Crippen LogP contribution in [-0.4, -0.2) is 36.5 Å². The van der Waals surface area contributed by atoms with E-state index >= 15 is 0 Å². The predicted octanol–water partition coefficient (Wildman–Crippen LogP) is 0.949. The van der Waals surface area contributed by atoms with E-state index < -0.39 is 0 Å². The van der Waals surface area contributed by atoms with Gasteiger partial charge in [-0.15, -0.1) is 0 Å². The Morgan fingerprint density at radius 2 is 1.93 bits per heavy atom. The molecule has 1 aliphatic carbocycles. The van der Waals surface area contributed by atoms with Crippen molar-refractivity contribution in [1.82, 2.24) is 4.90 Å². The van der Waals surface area contributed by atoms with Gasteiger partial charge in [-0.25, -0.2) is 0 Å². The lowest BCUT2D eigenvalue weighted by Crippen LogP contribution is -2.39. The second-order valence-corrected chi connectivity index (χ2v) is 3.79. The molecule has 0 aliphatic heterocycles. The molecule has 80 valence electrons. The van der Waals surface area contributed by atoms with Gasteiger partial charge in [0, 0.05) is 20.0 Å². The lowest BCUT2D eigenvalue weighted by Gasteiger charge is -2.33. The molecule has 4 heteroatoms. The predicted molar refractivity (Wildman–Crippen MR) is 51.6 cm³/mol. The summed E-state index contributed by atoms with van der Waals surface area (Å²) in [6, 6.07) is 0.319. The molecule has 0 aromatic rings. The third kappa shape index (κ3) is 2.72. The lowest BCUT2D eigenvalue weighted by atomic mass is 9.92. The zero-order chi connectivity index (χ0) is 10.6. The molecular formula is C10H17NO3. The fourth-order valence-electron chi connectivity index (χ4n) is 1.90. The number of nitrogens with zero attached hydrogens (tertiary/aromatic N) is 1. The molecule has 14 heavy (non-hydrogen) atoms. The molecule has 0 N–H and O–H groups in total. The maximum atomic E-state index is 11.1. The summed E-state index contributed by atoms with van der Waals surface area (Å²) >= 11 is 0. The third-order valence-electron chi connectivity index (χ3n) is 2.94. The first-order valence-corrected chi connectivity index (χ1v) is 4.97. The van der Waals surface area contributed by atoms with Crippen LogP contribution >= 0.6 is 0 Å². The molecule has 0 aromatic carbocycles. The Kier molecular flexibility index (Phi) is 3.92. The molecule has 0 heterocycles. The first-order chi connectivity index (χ1) is 6.65. The summed E-state index contributed by atoms with van der Waals surface area (Å²) in [7, 11) is 1.83. The van der Waals surface area contributed by atoms with Crippen molar-refractivity contribution in [1.29, 1.82) is 0 Å². The Labute approximate surface area is 84.2 Å². The van der Waals surface area contributed by atoms with Crippen LogP contribution in [0.1, 0.15) is 32.6 Å². The molecule has 4 nitrogen and oxygen atoms in total. The monoisotopic (exact) mass is 199 g/mol. The molecule has 0 atom stereocenters. The normalized spacial score (nSPS) is 26.7. The Hall–Kier alpha value is -1.06. The molecule has 1 rings (SSSR count). The van der Waals surface area contributed by atoms with E-state index in [1.54, 1.807) is 11.8 Å². The maximum Gasteiger partial charge on any atom is 0.293 e. The van der Waals surface area contributed by atoms with E-state index in [1.807, 2.05) is 7.05 Å². The van der Waals surface area contributed by atoms with Gasteiger partial charge in [0.1, 0.15) is 6.10 Å². The van der Waals surface area contributed by atoms with Crippen molar-refractivity contribution in [3.05, 3.63) is 0 Å². The number of carbonyl (C=O) groups excluding carboxylic acids is 2. The van der Waals surface area contributed by atoms with Crippen LogP contribution in [0.3, 0.4) is 0 Å². The summed E-state index contributed by atoms with van der Waals surface area (Å²) in [4.78, 5) is 23.0. The summed E-state index contributed by atoms with van der Waals surface area (Å²) in [6.45, 7) is 2.09. The largest absolute Gasteiger partial charge is 0.465 e. The topological polar surface area (TPSA) is 46.6 Å². The summed E-state index contributed by atoms with van der Waals surface area (Å²) in [5, 5.41) is 0. The van der Waals surface area contributed by atoms with Crippen molar-refractivity contribution in [2.24, 2.45) is 0 Å². The van der Waals surface area contributed by atoms with Crippen LogP contribution in [0.2, 0.25) is 0 Å². The van der Waals surface area contributed by atoms with E-state index in [0.717, 1.165) is 25.7 Å². The highest BCUT2D eigenvalue weighted by Gasteiger charge is 2.25. The summed E-state index contributed by atoms with van der Waals surface area (Å²) in [5.74, 6) is 0.102. The second kappa shape index (κ2) is 4.98. The average molecular weight is 199 g/mol. The fraction of sp³-hybridized carbons (Fsp3) is 0.800. The standard InChI is InChI=1S/C10H17NO3/c1-8(13)11(2)9-3-5-10(6-4-9)14-7-12/h7,9-10H,3-6H2,1-2H3. The van der Waals surface area contributed by atoms with Crippen LogP contribution in [0.15, 0.2) is 0 Å². The summed E-state index contributed by atoms with van der Waals surface area (Å²) in [5.41, 5.74) is 0. The molecule has 0 saturated heterocycles. The number of hydrogen-bond acceptors (Lipinski definition) is 3. The minimum absolute atomic E-state index is 0.0594. The van der Waals surface area contributed by atoms with Gasteiger partial charge in [-0.2, -0.15) is 0 Å². The van der Waals surface area contributed by atoms with Gasteiger partial charge in [-0.05, 0) is 25.7 Å². The zero-order valence-electron chi connectivity index (χ0n) is 8.73. The van der Waals surface area contributed by atoms with Crippen LogP contribution in [0, 0.1) is 0 Å². The van der Waals surface area contributed by atoms with Crippen molar-refractivity contribution < 1.29 is 14.3 Å². The number of amides is 1. The van der Waals surface area contributed by atoms with Crippen LogP contribution in [-0.2, 0) is 14.3 Å². The van der Waals surface area contributed by atoms with Gasteiger partial charge in [0.2, 0.25) is 5.91 Å². The van der Waals surface area contributed by atoms with Gasteiger partial charge >= 0.3 is 0 Å². The quantitative estimate of drug-likeness (QED) is 0.636. The van der Waals surface area contributed by atoms with Gasteiger partial charge in [-0.1, -0.05) is 0 Å². The van der Waals surface area contributed by atoms with E-state index in [4.69, 9.17) is 4.74 Å². The molecule has 1 fully saturated rings. The fourth-order valence-corrected chi connectivity index (χ4v) is 1.90. The Morgan fingerprint density at radius 1 is 1.36 bits per heavy atom. The Balaban J connectivity index is 2.35. The van der Waals surface area contributed by atoms with E-state index in [-0.39, 0.29) is 12.0 Å². The van der Waals surface area contributed by atoms with Crippen LogP contribution in [0.4, 0.5) is 0 Å². The highest BCUT2D eigenvalue weighted by molar-refractivity contribution is 5.73. The van der Waals surface area contributed by atoms with E-state index in [2.05, 4.69) is 0 Å². The van der Waals surface area contributed by atoms with Gasteiger partial charge in [0.15, 0.2) is 0 Å². The van der Waals surface area contributed by atoms with Crippen molar-refractivity contribution >= 4 is 12.4 Å². The van der Waals surface area contributed by atoms with Gasteiger partial charge < -0.3 is 9.64 Å². The number of carbonyl (C=O) groups is 2. The van der Waals surface area contributed by atoms with Gasteiger partial charge in [-0.3, -0.25) is 9.59 Å². The van der Waals surface area contributed by atoms with Crippen LogP contribution < -0.4 is 0 Å². The Morgan fingerprint density at radius 3 is 2.36 bits per heavy atom. The first kappa shape index (κ1) is 11.0. The molecule has 1 saturated carbocycles. The molecule has 0 unspecified atom stereocenters. The van der Waals surface area contributed by atoms with Crippen molar-refractivity contribution in [3.8, 4) is 0 Å². The third-order valence-corrected chi connectivity index (χ3v) is 2.94. The van der Waals surface area contributed by atoms with Crippen molar-refractivity contribution in [3.63, 3.8) is 0 Å². The van der Waals surface area contributed by atoms with Gasteiger partial charge in [0.25, 0.3) is 6.47 Å². The number of rotatable bonds is 3. The molecule has 1 amide bonds. The lowest BCUT2D eigenvalue weighted by molar-refractivity contribution is -0.137. The SMILES string of the molecule is CC(=O)N(C)C1CCC(OC=O)CC1. The molecule has 1 aliphatic rings. The smallest absolute Gasteiger partial charge is 0.293 e. The Bertz CT molecular complexity index is 209. The average Bonchev–Trinajstić information content (AvgIpc) is 2.18. The van der Waals surface area contributed by atoms with Crippen molar-refractivity contribution in [2.45, 2.75) is 44.8 Å². The van der Waals surface area contributed by atoms with E-state index in [9.17, 15) is 9.59 Å². The highest BCUT2D eigenvalue weighted by atomic mass is 16.5. The molecule has 0 bridgehead atoms. The minimum Gasteiger partial charge on any atom is -0.465 e. The molecule has 0 aromatic heterocycles. The van der Waals surface area contributed by atoms with E-state index in [1.165, 1.54) is 0 Å². The summed E-state index contributed by atoms with van der Waals surface area (Å²) in [6.07, 6.45) is 3.63. The second-order valence-electron chi connectivity index (χ2n) is 3.79. The molecular weight excluding hydrogens is 182 g/mol. The minimum atomic E-state index is 0.0594.